The highest BCUT2D eigenvalue weighted by molar-refractivity contribution is 6.40. The molecule has 0 N–H and O–H groups in total. The van der Waals surface area contributed by atoms with Gasteiger partial charge in [-0.25, -0.2) is 0 Å². The molecule has 1 aliphatic rings. The molecule has 3 rings (SSSR count). The molecule has 0 radical (unpaired) electrons. The first-order valence-corrected chi connectivity index (χ1v) is 8.78. The van der Waals surface area contributed by atoms with Gasteiger partial charge in [0.05, 0.1) is 15.7 Å². The summed E-state index contributed by atoms with van der Waals surface area (Å²) < 4.78 is 0. The van der Waals surface area contributed by atoms with Crippen LogP contribution in [-0.2, 0) is 16.0 Å². The van der Waals surface area contributed by atoms with E-state index >= 15 is 0 Å². The van der Waals surface area contributed by atoms with Gasteiger partial charge >= 0.3 is 0 Å². The maximum atomic E-state index is 13.0. The second-order valence-corrected chi connectivity index (χ2v) is 6.94. The van der Waals surface area contributed by atoms with Crippen LogP contribution in [-0.4, -0.2) is 24.4 Å². The van der Waals surface area contributed by atoms with E-state index in [4.69, 9.17) is 23.2 Å². The molecule has 1 heterocycles. The molecule has 2 amide bonds. The molecule has 6 heteroatoms. The first-order chi connectivity index (χ1) is 11.9. The second-order valence-electron chi connectivity index (χ2n) is 6.12. The number of rotatable bonds is 3. The lowest BCUT2D eigenvalue weighted by atomic mass is 10.1. The van der Waals surface area contributed by atoms with Crippen LogP contribution in [0.5, 0.6) is 0 Å². The third-order valence-corrected chi connectivity index (χ3v) is 4.97. The summed E-state index contributed by atoms with van der Waals surface area (Å²) in [6, 6.07) is 12.9. The molecule has 2 aromatic rings. The highest BCUT2D eigenvalue weighted by Crippen LogP contribution is 2.35. The van der Waals surface area contributed by atoms with Gasteiger partial charge in [-0.3, -0.25) is 9.59 Å². The number of carbonyl (C=O) groups is 2. The van der Waals surface area contributed by atoms with Gasteiger partial charge in [-0.05, 0) is 37.1 Å². The number of para-hydroxylation sites is 2. The standard InChI is InChI=1S/C19H18Cl2N2O2/c1-12-10-14-6-3-4-9-17(14)23(12)18(25)11-22(13(2)24)19-15(20)7-5-8-16(19)21/h3-9,12H,10-11H2,1-2H3. The number of hydrogen-bond acceptors (Lipinski definition) is 2. The topological polar surface area (TPSA) is 40.6 Å². The van der Waals surface area contributed by atoms with Crippen molar-refractivity contribution in [1.82, 2.24) is 0 Å². The first-order valence-electron chi connectivity index (χ1n) is 8.02. The maximum Gasteiger partial charge on any atom is 0.247 e. The largest absolute Gasteiger partial charge is 0.307 e. The Hall–Kier alpha value is -2.04. The number of carbonyl (C=O) groups excluding carboxylic acids is 2. The van der Waals surface area contributed by atoms with E-state index in [0.717, 1.165) is 17.7 Å². The molecule has 0 aromatic heterocycles. The fraction of sp³-hybridized carbons (Fsp3) is 0.263. The van der Waals surface area contributed by atoms with E-state index in [9.17, 15) is 9.59 Å². The van der Waals surface area contributed by atoms with Gasteiger partial charge in [-0.15, -0.1) is 0 Å². The quantitative estimate of drug-likeness (QED) is 0.799. The predicted molar refractivity (Wildman–Crippen MR) is 102 cm³/mol. The monoisotopic (exact) mass is 376 g/mol. The van der Waals surface area contributed by atoms with Crippen LogP contribution in [0.4, 0.5) is 11.4 Å². The van der Waals surface area contributed by atoms with Crippen molar-refractivity contribution in [3.05, 3.63) is 58.1 Å². The summed E-state index contributed by atoms with van der Waals surface area (Å²) in [6.07, 6.45) is 0.800. The van der Waals surface area contributed by atoms with Crippen LogP contribution in [0.25, 0.3) is 0 Å². The van der Waals surface area contributed by atoms with Crippen molar-refractivity contribution in [2.24, 2.45) is 0 Å². The molecule has 130 valence electrons. The van der Waals surface area contributed by atoms with E-state index < -0.39 is 0 Å². The van der Waals surface area contributed by atoms with Crippen molar-refractivity contribution in [3.63, 3.8) is 0 Å². The normalized spacial score (nSPS) is 15.8. The van der Waals surface area contributed by atoms with Crippen LogP contribution in [0.2, 0.25) is 10.0 Å². The summed E-state index contributed by atoms with van der Waals surface area (Å²) in [7, 11) is 0. The predicted octanol–water partition coefficient (Wildman–Crippen LogP) is 4.32. The zero-order chi connectivity index (χ0) is 18.1. The number of amides is 2. The van der Waals surface area contributed by atoms with Crippen LogP contribution in [0, 0.1) is 0 Å². The van der Waals surface area contributed by atoms with Gasteiger partial charge in [0.2, 0.25) is 11.8 Å². The first kappa shape index (κ1) is 17.8. The van der Waals surface area contributed by atoms with Crippen molar-refractivity contribution in [3.8, 4) is 0 Å². The Morgan fingerprint density at radius 1 is 1.12 bits per heavy atom. The van der Waals surface area contributed by atoms with Crippen molar-refractivity contribution >= 4 is 46.4 Å². The Morgan fingerprint density at radius 2 is 1.76 bits per heavy atom. The van der Waals surface area contributed by atoms with E-state index in [1.165, 1.54) is 11.8 Å². The average molecular weight is 377 g/mol. The van der Waals surface area contributed by atoms with Crippen LogP contribution >= 0.6 is 23.2 Å². The molecule has 1 atom stereocenters. The molecular weight excluding hydrogens is 359 g/mol. The molecular formula is C19H18Cl2N2O2. The molecule has 0 saturated heterocycles. The zero-order valence-electron chi connectivity index (χ0n) is 14.0. The zero-order valence-corrected chi connectivity index (χ0v) is 15.5. The van der Waals surface area contributed by atoms with Crippen LogP contribution in [0.3, 0.4) is 0 Å². The molecule has 0 aliphatic carbocycles. The van der Waals surface area contributed by atoms with Gasteiger partial charge in [-0.2, -0.15) is 0 Å². The van der Waals surface area contributed by atoms with Gasteiger partial charge in [0.1, 0.15) is 6.54 Å². The van der Waals surface area contributed by atoms with Gasteiger partial charge in [0.25, 0.3) is 0 Å². The molecule has 25 heavy (non-hydrogen) atoms. The van der Waals surface area contributed by atoms with E-state index in [-0.39, 0.29) is 24.4 Å². The Morgan fingerprint density at radius 3 is 2.40 bits per heavy atom. The summed E-state index contributed by atoms with van der Waals surface area (Å²) in [4.78, 5) is 28.2. The lowest BCUT2D eigenvalue weighted by Gasteiger charge is -2.28. The Balaban J connectivity index is 1.91. The van der Waals surface area contributed by atoms with Gasteiger partial charge in [0.15, 0.2) is 0 Å². The fourth-order valence-corrected chi connectivity index (χ4v) is 3.85. The maximum absolute atomic E-state index is 13.0. The van der Waals surface area contributed by atoms with E-state index in [0.29, 0.717) is 15.7 Å². The van der Waals surface area contributed by atoms with Gasteiger partial charge in [-0.1, -0.05) is 47.5 Å². The molecule has 4 nitrogen and oxygen atoms in total. The minimum absolute atomic E-state index is 0.0421. The van der Waals surface area contributed by atoms with Crippen molar-refractivity contribution in [2.75, 3.05) is 16.3 Å². The summed E-state index contributed by atoms with van der Waals surface area (Å²) in [6.45, 7) is 3.28. The van der Waals surface area contributed by atoms with Crippen molar-refractivity contribution in [2.45, 2.75) is 26.3 Å². The minimum atomic E-state index is -0.288. The van der Waals surface area contributed by atoms with Crippen LogP contribution < -0.4 is 9.80 Å². The number of benzene rings is 2. The van der Waals surface area contributed by atoms with Gasteiger partial charge < -0.3 is 9.80 Å². The van der Waals surface area contributed by atoms with E-state index in [2.05, 4.69) is 0 Å². The van der Waals surface area contributed by atoms with E-state index in [1.54, 1.807) is 23.1 Å². The molecule has 2 aromatic carbocycles. The van der Waals surface area contributed by atoms with Gasteiger partial charge in [0, 0.05) is 18.7 Å². The third kappa shape index (κ3) is 3.37. The highest BCUT2D eigenvalue weighted by atomic mass is 35.5. The fourth-order valence-electron chi connectivity index (χ4n) is 3.25. The smallest absolute Gasteiger partial charge is 0.247 e. The Kier molecular flexibility index (Phi) is 5.02. The lowest BCUT2D eigenvalue weighted by molar-refractivity contribution is -0.121. The molecule has 0 saturated carbocycles. The molecule has 1 aliphatic heterocycles. The average Bonchev–Trinajstić information content (AvgIpc) is 2.89. The third-order valence-electron chi connectivity index (χ3n) is 4.36. The Labute approximate surface area is 156 Å². The number of halogens is 2. The minimum Gasteiger partial charge on any atom is -0.307 e. The summed E-state index contributed by atoms with van der Waals surface area (Å²) in [5.74, 6) is -0.452. The molecule has 0 spiro atoms. The number of fused-ring (bicyclic) bond motifs is 1. The molecule has 0 bridgehead atoms. The van der Waals surface area contributed by atoms with Crippen LogP contribution in [0.1, 0.15) is 19.4 Å². The second kappa shape index (κ2) is 7.06. The summed E-state index contributed by atoms with van der Waals surface area (Å²) >= 11 is 12.4. The van der Waals surface area contributed by atoms with E-state index in [1.807, 2.05) is 31.2 Å². The van der Waals surface area contributed by atoms with Crippen molar-refractivity contribution < 1.29 is 9.59 Å². The summed E-state index contributed by atoms with van der Waals surface area (Å²) in [5.41, 5.74) is 2.40. The number of nitrogens with zero attached hydrogens (tertiary/aromatic N) is 2. The Bertz CT molecular complexity index is 818. The highest BCUT2D eigenvalue weighted by Gasteiger charge is 2.32. The van der Waals surface area contributed by atoms with Crippen LogP contribution in [0.15, 0.2) is 42.5 Å². The molecule has 1 unspecified atom stereocenters. The SMILES string of the molecule is CC(=O)N(CC(=O)N1c2ccccc2CC1C)c1c(Cl)cccc1Cl. The van der Waals surface area contributed by atoms with Crippen molar-refractivity contribution in [1.29, 1.82) is 0 Å². The summed E-state index contributed by atoms with van der Waals surface area (Å²) in [5, 5.41) is 0.677. The molecule has 0 fully saturated rings. The number of hydrogen-bond donors (Lipinski definition) is 0. The lowest BCUT2D eigenvalue weighted by Crippen LogP contribution is -2.45. The number of anilines is 2.